The minimum Gasteiger partial charge on any atom is -0.348 e. The van der Waals surface area contributed by atoms with E-state index in [9.17, 15) is 22.8 Å². The van der Waals surface area contributed by atoms with Gasteiger partial charge in [-0.3, -0.25) is 19.1 Å². The molecular weight excluding hydrogens is 372 g/mol. The summed E-state index contributed by atoms with van der Waals surface area (Å²) in [5.74, 6) is -0.364. The quantitative estimate of drug-likeness (QED) is 0.747. The van der Waals surface area contributed by atoms with Crippen LogP contribution in [0.15, 0.2) is 15.7 Å². The first-order chi connectivity index (χ1) is 12.8. The summed E-state index contributed by atoms with van der Waals surface area (Å²) < 4.78 is 24.6. The van der Waals surface area contributed by atoms with Crippen molar-refractivity contribution in [1.82, 2.24) is 19.9 Å². The minimum absolute atomic E-state index is 0.0400. The van der Waals surface area contributed by atoms with Crippen molar-refractivity contribution in [1.29, 1.82) is 0 Å². The van der Waals surface area contributed by atoms with E-state index in [0.717, 1.165) is 12.8 Å². The van der Waals surface area contributed by atoms with Crippen LogP contribution >= 0.6 is 0 Å². The number of carbonyl (C=O) groups excluding carboxylic acids is 1. The minimum atomic E-state index is -3.14. The lowest BCUT2D eigenvalue weighted by Gasteiger charge is -2.14. The molecule has 0 radical (unpaired) electrons. The lowest BCUT2D eigenvalue weighted by atomic mass is 10.1. The molecule has 1 amide bonds. The molecule has 1 atom stereocenters. The summed E-state index contributed by atoms with van der Waals surface area (Å²) >= 11 is 0. The maximum atomic E-state index is 12.9. The summed E-state index contributed by atoms with van der Waals surface area (Å²) in [5, 5.41) is 2.78. The number of carbonyl (C=O) groups is 1. The molecule has 1 saturated heterocycles. The highest BCUT2D eigenvalue weighted by Gasteiger charge is 2.32. The highest BCUT2D eigenvalue weighted by molar-refractivity contribution is 7.91. The molecule has 2 aliphatic rings. The van der Waals surface area contributed by atoms with Crippen LogP contribution in [0.2, 0.25) is 0 Å². The van der Waals surface area contributed by atoms with E-state index in [2.05, 4.69) is 15.3 Å². The third-order valence-corrected chi connectivity index (χ3v) is 6.86. The third-order valence-electron chi connectivity index (χ3n) is 5.09. The van der Waals surface area contributed by atoms with Crippen molar-refractivity contribution in [3.8, 4) is 0 Å². The maximum Gasteiger partial charge on any atom is 0.329 e. The molecular formula is C17H20N4O5S. The molecule has 10 heteroatoms. The smallest absolute Gasteiger partial charge is 0.329 e. The van der Waals surface area contributed by atoms with Crippen LogP contribution in [0.5, 0.6) is 0 Å². The predicted molar refractivity (Wildman–Crippen MR) is 98.8 cm³/mol. The standard InChI is InChI=1S/C17H20N4O5S/c1-2-21-14-13(16(23)20-17(21)24)11(7-12(19-14)9-3-4-9)15(22)18-10-5-6-27(25,26)8-10/h7,9-10H,2-6,8H2,1H3,(H,18,22)(H,20,23,24)/t10-/m0/s1. The van der Waals surface area contributed by atoms with Crippen LogP contribution in [0.3, 0.4) is 0 Å². The molecule has 2 N–H and O–H groups in total. The Hall–Kier alpha value is -2.49. The van der Waals surface area contributed by atoms with E-state index >= 15 is 0 Å². The Balaban J connectivity index is 1.85. The van der Waals surface area contributed by atoms with Gasteiger partial charge in [-0.15, -0.1) is 0 Å². The molecule has 1 saturated carbocycles. The zero-order valence-electron chi connectivity index (χ0n) is 14.8. The molecule has 1 aliphatic carbocycles. The highest BCUT2D eigenvalue weighted by Crippen LogP contribution is 2.39. The molecule has 144 valence electrons. The van der Waals surface area contributed by atoms with Gasteiger partial charge in [0.15, 0.2) is 15.5 Å². The monoisotopic (exact) mass is 392 g/mol. The number of pyridine rings is 1. The second-order valence-corrected chi connectivity index (χ2v) is 9.37. The first-order valence-corrected chi connectivity index (χ1v) is 10.8. The number of hydrogen-bond acceptors (Lipinski definition) is 6. The molecule has 1 aliphatic heterocycles. The van der Waals surface area contributed by atoms with Gasteiger partial charge in [-0.05, 0) is 32.3 Å². The van der Waals surface area contributed by atoms with Crippen molar-refractivity contribution in [3.05, 3.63) is 38.2 Å². The highest BCUT2D eigenvalue weighted by atomic mass is 32.2. The van der Waals surface area contributed by atoms with Crippen molar-refractivity contribution in [2.45, 2.75) is 44.7 Å². The number of sulfone groups is 1. The zero-order valence-corrected chi connectivity index (χ0v) is 15.6. The van der Waals surface area contributed by atoms with Gasteiger partial charge in [-0.25, -0.2) is 18.2 Å². The Bertz CT molecular complexity index is 1160. The Kier molecular flexibility index (Phi) is 4.17. The van der Waals surface area contributed by atoms with E-state index in [0.29, 0.717) is 18.7 Å². The Morgan fingerprint density at radius 3 is 2.67 bits per heavy atom. The molecule has 4 rings (SSSR count). The Morgan fingerprint density at radius 1 is 1.33 bits per heavy atom. The van der Waals surface area contributed by atoms with Gasteiger partial charge in [-0.1, -0.05) is 0 Å². The van der Waals surface area contributed by atoms with Crippen molar-refractivity contribution in [3.63, 3.8) is 0 Å². The molecule has 9 nitrogen and oxygen atoms in total. The van der Waals surface area contributed by atoms with Crippen LogP contribution in [-0.4, -0.2) is 46.4 Å². The molecule has 0 aromatic carbocycles. The average molecular weight is 392 g/mol. The summed E-state index contributed by atoms with van der Waals surface area (Å²) in [5.41, 5.74) is -0.226. The number of aryl methyl sites for hydroxylation is 1. The molecule has 2 fully saturated rings. The van der Waals surface area contributed by atoms with E-state index in [1.54, 1.807) is 13.0 Å². The first kappa shape index (κ1) is 17.9. The lowest BCUT2D eigenvalue weighted by Crippen LogP contribution is -2.37. The summed E-state index contributed by atoms with van der Waals surface area (Å²) in [7, 11) is -3.14. The van der Waals surface area contributed by atoms with Gasteiger partial charge in [0.2, 0.25) is 0 Å². The van der Waals surface area contributed by atoms with Crippen LogP contribution < -0.4 is 16.6 Å². The number of aromatic amines is 1. The average Bonchev–Trinajstić information content (AvgIpc) is 3.38. The van der Waals surface area contributed by atoms with Gasteiger partial charge in [0.05, 0.1) is 22.5 Å². The SMILES string of the molecule is CCn1c(=O)[nH]c(=O)c2c(C(=O)N[C@H]3CCS(=O)(=O)C3)cc(C3CC3)nc21. The molecule has 3 heterocycles. The second-order valence-electron chi connectivity index (χ2n) is 7.14. The van der Waals surface area contributed by atoms with Gasteiger partial charge in [0, 0.05) is 24.2 Å². The predicted octanol–water partition coefficient (Wildman–Crippen LogP) is -0.101. The zero-order chi connectivity index (χ0) is 19.3. The van der Waals surface area contributed by atoms with E-state index in [1.165, 1.54) is 4.57 Å². The van der Waals surface area contributed by atoms with E-state index in [4.69, 9.17) is 0 Å². The van der Waals surface area contributed by atoms with Gasteiger partial charge in [0.1, 0.15) is 0 Å². The number of fused-ring (bicyclic) bond motifs is 1. The largest absolute Gasteiger partial charge is 0.348 e. The summed E-state index contributed by atoms with van der Waals surface area (Å²) in [6, 6.07) is 1.12. The summed E-state index contributed by atoms with van der Waals surface area (Å²) in [4.78, 5) is 44.2. The molecule has 0 spiro atoms. The summed E-state index contributed by atoms with van der Waals surface area (Å²) in [6.07, 6.45) is 2.24. The van der Waals surface area contributed by atoms with Crippen LogP contribution in [0, 0.1) is 0 Å². The normalized spacial score (nSPS) is 21.4. The Morgan fingerprint density at radius 2 is 2.07 bits per heavy atom. The fourth-order valence-corrected chi connectivity index (χ4v) is 5.20. The van der Waals surface area contributed by atoms with Gasteiger partial charge < -0.3 is 5.32 Å². The fraction of sp³-hybridized carbons (Fsp3) is 0.529. The van der Waals surface area contributed by atoms with E-state index in [1.807, 2.05) is 0 Å². The van der Waals surface area contributed by atoms with E-state index in [-0.39, 0.29) is 34.0 Å². The molecule has 27 heavy (non-hydrogen) atoms. The van der Waals surface area contributed by atoms with Crippen LogP contribution in [0.25, 0.3) is 11.0 Å². The topological polar surface area (TPSA) is 131 Å². The van der Waals surface area contributed by atoms with Crippen LogP contribution in [0.4, 0.5) is 0 Å². The Labute approximate surface area is 154 Å². The van der Waals surface area contributed by atoms with Crippen molar-refractivity contribution in [2.75, 3.05) is 11.5 Å². The number of hydrogen-bond donors (Lipinski definition) is 2. The molecule has 0 bridgehead atoms. The molecule has 2 aromatic rings. The van der Waals surface area contributed by atoms with Crippen molar-refractivity contribution < 1.29 is 13.2 Å². The second kappa shape index (κ2) is 6.29. The number of nitrogens with zero attached hydrogens (tertiary/aromatic N) is 2. The maximum absolute atomic E-state index is 12.9. The first-order valence-electron chi connectivity index (χ1n) is 8.98. The number of rotatable bonds is 4. The van der Waals surface area contributed by atoms with Crippen LogP contribution in [0.1, 0.15) is 48.2 Å². The number of amides is 1. The lowest BCUT2D eigenvalue weighted by molar-refractivity contribution is 0.0942. The number of nitrogens with one attached hydrogen (secondary N) is 2. The molecule has 0 unspecified atom stereocenters. The molecule has 2 aromatic heterocycles. The van der Waals surface area contributed by atoms with Crippen molar-refractivity contribution >= 4 is 26.8 Å². The van der Waals surface area contributed by atoms with Gasteiger partial charge in [-0.2, -0.15) is 0 Å². The number of H-pyrrole nitrogens is 1. The fourth-order valence-electron chi connectivity index (χ4n) is 3.53. The summed E-state index contributed by atoms with van der Waals surface area (Å²) in [6.45, 7) is 2.06. The van der Waals surface area contributed by atoms with Gasteiger partial charge in [0.25, 0.3) is 11.5 Å². The van der Waals surface area contributed by atoms with Crippen LogP contribution in [-0.2, 0) is 16.4 Å². The number of aromatic nitrogens is 3. The van der Waals surface area contributed by atoms with Gasteiger partial charge >= 0.3 is 5.69 Å². The third kappa shape index (κ3) is 3.29. The van der Waals surface area contributed by atoms with Crippen molar-refractivity contribution in [2.24, 2.45) is 0 Å². The van der Waals surface area contributed by atoms with E-state index < -0.39 is 33.0 Å².